The monoisotopic (exact) mass is 303 g/mol. The predicted molar refractivity (Wildman–Crippen MR) is 95.6 cm³/mol. The number of amides is 1. The highest BCUT2D eigenvalue weighted by Gasteiger charge is 2.12. The third-order valence-corrected chi connectivity index (χ3v) is 4.19. The van der Waals surface area contributed by atoms with Gasteiger partial charge in [0.05, 0.1) is 0 Å². The molecule has 0 spiro atoms. The Hall–Kier alpha value is -2.61. The van der Waals surface area contributed by atoms with Crippen molar-refractivity contribution in [1.82, 2.24) is 4.90 Å². The molecule has 1 amide bonds. The second-order valence-corrected chi connectivity index (χ2v) is 5.89. The molecule has 0 aliphatic rings. The van der Waals surface area contributed by atoms with Gasteiger partial charge in [-0.05, 0) is 40.5 Å². The maximum atomic E-state index is 12.6. The first kappa shape index (κ1) is 15.3. The van der Waals surface area contributed by atoms with Crippen LogP contribution >= 0.6 is 0 Å². The number of fused-ring (bicyclic) bond motifs is 1. The lowest BCUT2D eigenvalue weighted by molar-refractivity contribution is 0.0785. The molecule has 0 saturated heterocycles. The van der Waals surface area contributed by atoms with Crippen LogP contribution in [0.3, 0.4) is 0 Å². The minimum Gasteiger partial charge on any atom is -0.337 e. The van der Waals surface area contributed by atoms with Crippen LogP contribution in [0.4, 0.5) is 0 Å². The number of benzene rings is 3. The van der Waals surface area contributed by atoms with Crippen LogP contribution in [0.5, 0.6) is 0 Å². The summed E-state index contributed by atoms with van der Waals surface area (Å²) in [4.78, 5) is 14.4. The third-order valence-electron chi connectivity index (χ3n) is 4.19. The summed E-state index contributed by atoms with van der Waals surface area (Å²) >= 11 is 0. The van der Waals surface area contributed by atoms with Crippen molar-refractivity contribution in [3.63, 3.8) is 0 Å². The highest BCUT2D eigenvalue weighted by Crippen LogP contribution is 2.17. The van der Waals surface area contributed by atoms with E-state index in [1.807, 2.05) is 43.4 Å². The fourth-order valence-corrected chi connectivity index (χ4v) is 2.77. The average Bonchev–Trinajstić information content (AvgIpc) is 2.61. The van der Waals surface area contributed by atoms with Crippen molar-refractivity contribution >= 4 is 16.7 Å². The van der Waals surface area contributed by atoms with E-state index in [9.17, 15) is 4.79 Å². The van der Waals surface area contributed by atoms with Gasteiger partial charge in [-0.1, -0.05) is 61.5 Å². The molecule has 0 aliphatic carbocycles. The molecule has 0 aromatic heterocycles. The van der Waals surface area contributed by atoms with Crippen molar-refractivity contribution in [3.8, 4) is 0 Å². The topological polar surface area (TPSA) is 20.3 Å². The Labute approximate surface area is 137 Å². The Morgan fingerprint density at radius 2 is 1.52 bits per heavy atom. The Morgan fingerprint density at radius 1 is 0.870 bits per heavy atom. The molecule has 0 bridgehead atoms. The second-order valence-electron chi connectivity index (χ2n) is 5.89. The van der Waals surface area contributed by atoms with Gasteiger partial charge >= 0.3 is 0 Å². The zero-order valence-corrected chi connectivity index (χ0v) is 13.6. The molecule has 0 atom stereocenters. The summed E-state index contributed by atoms with van der Waals surface area (Å²) < 4.78 is 0. The van der Waals surface area contributed by atoms with Crippen LogP contribution in [0.2, 0.25) is 0 Å². The van der Waals surface area contributed by atoms with Crippen molar-refractivity contribution in [3.05, 3.63) is 83.4 Å². The van der Waals surface area contributed by atoms with E-state index in [-0.39, 0.29) is 5.91 Å². The normalized spacial score (nSPS) is 10.7. The maximum Gasteiger partial charge on any atom is 0.253 e. The highest BCUT2D eigenvalue weighted by atomic mass is 16.2. The van der Waals surface area contributed by atoms with Crippen molar-refractivity contribution in [1.29, 1.82) is 0 Å². The van der Waals surface area contributed by atoms with E-state index in [0.717, 1.165) is 28.3 Å². The number of rotatable bonds is 4. The molecular formula is C21H21NO. The molecule has 0 radical (unpaired) electrons. The molecule has 3 aromatic carbocycles. The number of hydrogen-bond acceptors (Lipinski definition) is 1. The molecule has 3 rings (SSSR count). The SMILES string of the molecule is CCc1ccc(CN(C)C(=O)c2ccc3ccccc3c2)cc1. The lowest BCUT2D eigenvalue weighted by Gasteiger charge is -2.18. The summed E-state index contributed by atoms with van der Waals surface area (Å²) in [6.45, 7) is 2.76. The summed E-state index contributed by atoms with van der Waals surface area (Å²) in [6.07, 6.45) is 1.03. The van der Waals surface area contributed by atoms with Gasteiger partial charge in [-0.25, -0.2) is 0 Å². The number of aryl methyl sites for hydroxylation is 1. The number of hydrogen-bond donors (Lipinski definition) is 0. The summed E-state index contributed by atoms with van der Waals surface area (Å²) in [7, 11) is 1.85. The molecular weight excluding hydrogens is 282 g/mol. The quantitative estimate of drug-likeness (QED) is 0.685. The summed E-state index contributed by atoms with van der Waals surface area (Å²) in [6, 6.07) is 22.4. The summed E-state index contributed by atoms with van der Waals surface area (Å²) in [5.41, 5.74) is 3.20. The van der Waals surface area contributed by atoms with Crippen LogP contribution in [-0.4, -0.2) is 17.9 Å². The van der Waals surface area contributed by atoms with E-state index in [1.165, 1.54) is 5.56 Å². The summed E-state index contributed by atoms with van der Waals surface area (Å²) in [5, 5.41) is 2.25. The van der Waals surface area contributed by atoms with Crippen molar-refractivity contribution in [2.24, 2.45) is 0 Å². The maximum absolute atomic E-state index is 12.6. The second kappa shape index (κ2) is 6.66. The Morgan fingerprint density at radius 3 is 2.22 bits per heavy atom. The Balaban J connectivity index is 1.77. The van der Waals surface area contributed by atoms with Gasteiger partial charge in [0.15, 0.2) is 0 Å². The van der Waals surface area contributed by atoms with Gasteiger partial charge < -0.3 is 4.90 Å². The van der Waals surface area contributed by atoms with Crippen LogP contribution in [0.1, 0.15) is 28.4 Å². The molecule has 0 fully saturated rings. The molecule has 23 heavy (non-hydrogen) atoms. The predicted octanol–water partition coefficient (Wildman–Crippen LogP) is 4.67. The first-order valence-electron chi connectivity index (χ1n) is 7.99. The van der Waals surface area contributed by atoms with Crippen molar-refractivity contribution in [2.45, 2.75) is 19.9 Å². The minimum atomic E-state index is 0.0512. The fraction of sp³-hybridized carbons (Fsp3) is 0.190. The molecule has 3 aromatic rings. The van der Waals surface area contributed by atoms with Crippen LogP contribution in [-0.2, 0) is 13.0 Å². The number of nitrogens with zero attached hydrogens (tertiary/aromatic N) is 1. The molecule has 2 heteroatoms. The van der Waals surface area contributed by atoms with Gasteiger partial charge in [0.25, 0.3) is 5.91 Å². The van der Waals surface area contributed by atoms with Crippen LogP contribution in [0.15, 0.2) is 66.7 Å². The fourth-order valence-electron chi connectivity index (χ4n) is 2.77. The van der Waals surface area contributed by atoms with Gasteiger partial charge in [-0.3, -0.25) is 4.79 Å². The largest absolute Gasteiger partial charge is 0.337 e. The van der Waals surface area contributed by atoms with Crippen LogP contribution < -0.4 is 0 Å². The van der Waals surface area contributed by atoms with Gasteiger partial charge in [-0.15, -0.1) is 0 Å². The molecule has 0 heterocycles. The molecule has 0 N–H and O–H groups in total. The van der Waals surface area contributed by atoms with Crippen molar-refractivity contribution < 1.29 is 4.79 Å². The third kappa shape index (κ3) is 3.42. The van der Waals surface area contributed by atoms with E-state index >= 15 is 0 Å². The lowest BCUT2D eigenvalue weighted by atomic mass is 10.1. The average molecular weight is 303 g/mol. The zero-order chi connectivity index (χ0) is 16.2. The molecule has 0 unspecified atom stereocenters. The lowest BCUT2D eigenvalue weighted by Crippen LogP contribution is -2.26. The molecule has 2 nitrogen and oxygen atoms in total. The van der Waals surface area contributed by atoms with Crippen LogP contribution in [0, 0.1) is 0 Å². The van der Waals surface area contributed by atoms with E-state index < -0.39 is 0 Å². The Bertz CT molecular complexity index is 821. The molecule has 0 aliphatic heterocycles. The van der Waals surface area contributed by atoms with Gasteiger partial charge in [-0.2, -0.15) is 0 Å². The van der Waals surface area contributed by atoms with E-state index in [4.69, 9.17) is 0 Å². The Kier molecular flexibility index (Phi) is 4.42. The van der Waals surface area contributed by atoms with Gasteiger partial charge in [0.2, 0.25) is 0 Å². The zero-order valence-electron chi connectivity index (χ0n) is 13.6. The first-order chi connectivity index (χ1) is 11.2. The van der Waals surface area contributed by atoms with Crippen molar-refractivity contribution in [2.75, 3.05) is 7.05 Å². The van der Waals surface area contributed by atoms with E-state index in [0.29, 0.717) is 6.54 Å². The number of carbonyl (C=O) groups is 1. The van der Waals surface area contributed by atoms with Gasteiger partial charge in [0.1, 0.15) is 0 Å². The minimum absolute atomic E-state index is 0.0512. The van der Waals surface area contributed by atoms with E-state index in [1.54, 1.807) is 4.90 Å². The van der Waals surface area contributed by atoms with E-state index in [2.05, 4.69) is 37.3 Å². The molecule has 116 valence electrons. The number of carbonyl (C=O) groups excluding carboxylic acids is 1. The smallest absolute Gasteiger partial charge is 0.253 e. The standard InChI is InChI=1S/C21H21NO/c1-3-16-8-10-17(11-9-16)15-22(2)21(23)20-13-12-18-6-4-5-7-19(18)14-20/h4-14H,3,15H2,1-2H3. The van der Waals surface area contributed by atoms with Crippen LogP contribution in [0.25, 0.3) is 10.8 Å². The first-order valence-corrected chi connectivity index (χ1v) is 7.99. The molecule has 0 saturated carbocycles. The van der Waals surface area contributed by atoms with Gasteiger partial charge in [0, 0.05) is 19.2 Å². The summed E-state index contributed by atoms with van der Waals surface area (Å²) in [5.74, 6) is 0.0512. The highest BCUT2D eigenvalue weighted by molar-refractivity contribution is 5.98.